The minimum absolute atomic E-state index is 0.376. The van der Waals surface area contributed by atoms with E-state index in [-0.39, 0.29) is 0 Å². The summed E-state index contributed by atoms with van der Waals surface area (Å²) in [6.45, 7) is 2.74. The summed E-state index contributed by atoms with van der Waals surface area (Å²) in [6, 6.07) is 2.54. The van der Waals surface area contributed by atoms with Crippen molar-refractivity contribution < 1.29 is 0 Å². The highest BCUT2D eigenvalue weighted by atomic mass is 79.9. The highest BCUT2D eigenvalue weighted by Gasteiger charge is 2.20. The molecule has 1 unspecified atom stereocenters. The SMILES string of the molecule is NCC(c1cc(Br)cs1)N1CC=CC1. The van der Waals surface area contributed by atoms with E-state index >= 15 is 0 Å². The van der Waals surface area contributed by atoms with Gasteiger partial charge in [-0.05, 0) is 22.0 Å². The number of thiophene rings is 1. The van der Waals surface area contributed by atoms with Gasteiger partial charge in [-0.3, -0.25) is 4.90 Å². The molecule has 1 aromatic heterocycles. The summed E-state index contributed by atoms with van der Waals surface area (Å²) in [5.41, 5.74) is 5.82. The molecule has 76 valence electrons. The van der Waals surface area contributed by atoms with Crippen molar-refractivity contribution in [3.05, 3.63) is 32.9 Å². The van der Waals surface area contributed by atoms with Crippen LogP contribution in [0.1, 0.15) is 10.9 Å². The van der Waals surface area contributed by atoms with Crippen LogP contribution in [-0.4, -0.2) is 24.5 Å². The van der Waals surface area contributed by atoms with Crippen LogP contribution in [0.15, 0.2) is 28.1 Å². The van der Waals surface area contributed by atoms with Crippen LogP contribution in [0.5, 0.6) is 0 Å². The summed E-state index contributed by atoms with van der Waals surface area (Å²) in [7, 11) is 0. The lowest BCUT2D eigenvalue weighted by atomic mass is 10.2. The molecule has 0 aromatic carbocycles. The number of halogens is 1. The van der Waals surface area contributed by atoms with Crippen molar-refractivity contribution in [2.75, 3.05) is 19.6 Å². The molecule has 2 N–H and O–H groups in total. The largest absolute Gasteiger partial charge is 0.329 e. The van der Waals surface area contributed by atoms with Gasteiger partial charge in [0, 0.05) is 34.4 Å². The molecular formula is C10H13BrN2S. The summed E-state index contributed by atoms with van der Waals surface area (Å²) >= 11 is 5.25. The number of hydrogen-bond acceptors (Lipinski definition) is 3. The Bertz CT molecular complexity index is 327. The Hall–Kier alpha value is -0.160. The predicted octanol–water partition coefficient (Wildman–Crippen LogP) is 2.38. The van der Waals surface area contributed by atoms with E-state index < -0.39 is 0 Å². The van der Waals surface area contributed by atoms with Gasteiger partial charge in [-0.2, -0.15) is 0 Å². The first kappa shape index (κ1) is 10.4. The summed E-state index contributed by atoms with van der Waals surface area (Å²) in [5.74, 6) is 0. The molecule has 1 aliphatic heterocycles. The van der Waals surface area contributed by atoms with Crippen LogP contribution in [-0.2, 0) is 0 Å². The van der Waals surface area contributed by atoms with Gasteiger partial charge >= 0.3 is 0 Å². The van der Waals surface area contributed by atoms with E-state index in [1.165, 1.54) is 4.88 Å². The summed E-state index contributed by atoms with van der Waals surface area (Å²) in [6.07, 6.45) is 4.40. The summed E-state index contributed by atoms with van der Waals surface area (Å²) in [5, 5.41) is 2.11. The third-order valence-corrected chi connectivity index (χ3v) is 4.22. The maximum atomic E-state index is 5.82. The minimum atomic E-state index is 0.376. The second-order valence-electron chi connectivity index (χ2n) is 3.34. The van der Waals surface area contributed by atoms with Crippen LogP contribution >= 0.6 is 27.3 Å². The molecule has 2 heterocycles. The van der Waals surface area contributed by atoms with E-state index in [2.05, 4.69) is 44.4 Å². The van der Waals surface area contributed by atoms with E-state index in [1.54, 1.807) is 11.3 Å². The van der Waals surface area contributed by atoms with Crippen molar-refractivity contribution in [3.8, 4) is 0 Å². The molecule has 0 saturated carbocycles. The third kappa shape index (κ3) is 2.08. The quantitative estimate of drug-likeness (QED) is 0.857. The van der Waals surface area contributed by atoms with E-state index in [4.69, 9.17) is 5.73 Å². The highest BCUT2D eigenvalue weighted by Crippen LogP contribution is 2.29. The fraction of sp³-hybridized carbons (Fsp3) is 0.400. The molecule has 0 spiro atoms. The molecule has 1 aromatic rings. The van der Waals surface area contributed by atoms with Gasteiger partial charge in [0.15, 0.2) is 0 Å². The zero-order valence-corrected chi connectivity index (χ0v) is 10.2. The van der Waals surface area contributed by atoms with E-state index in [0.29, 0.717) is 12.6 Å². The molecular weight excluding hydrogens is 260 g/mol. The molecule has 0 radical (unpaired) electrons. The second-order valence-corrected chi connectivity index (χ2v) is 5.20. The molecule has 4 heteroatoms. The molecule has 0 saturated heterocycles. The van der Waals surface area contributed by atoms with Crippen molar-refractivity contribution >= 4 is 27.3 Å². The Balaban J connectivity index is 2.12. The first-order valence-corrected chi connectivity index (χ1v) is 6.31. The molecule has 1 aliphatic rings. The molecule has 0 amide bonds. The Morgan fingerprint density at radius 2 is 2.21 bits per heavy atom. The standard InChI is InChI=1S/C10H13BrN2S/c11-8-5-10(14-7-8)9(6-12)13-3-1-2-4-13/h1-2,5,7,9H,3-4,6,12H2. The average molecular weight is 273 g/mol. The first-order valence-electron chi connectivity index (χ1n) is 4.64. The van der Waals surface area contributed by atoms with Gasteiger partial charge in [0.25, 0.3) is 0 Å². The van der Waals surface area contributed by atoms with Crippen LogP contribution in [0.4, 0.5) is 0 Å². The lowest BCUT2D eigenvalue weighted by Gasteiger charge is -2.24. The second kappa shape index (κ2) is 4.57. The Morgan fingerprint density at radius 3 is 2.71 bits per heavy atom. The lowest BCUT2D eigenvalue weighted by molar-refractivity contribution is 0.265. The van der Waals surface area contributed by atoms with Crippen molar-refractivity contribution in [2.45, 2.75) is 6.04 Å². The maximum Gasteiger partial charge on any atom is 0.0570 e. The van der Waals surface area contributed by atoms with Crippen molar-refractivity contribution in [1.29, 1.82) is 0 Å². The number of hydrogen-bond donors (Lipinski definition) is 1. The van der Waals surface area contributed by atoms with Gasteiger partial charge in [0.2, 0.25) is 0 Å². The van der Waals surface area contributed by atoms with Crippen LogP contribution in [0.25, 0.3) is 0 Å². The van der Waals surface area contributed by atoms with E-state index in [1.807, 2.05) is 0 Å². The Kier molecular flexibility index (Phi) is 3.38. The summed E-state index contributed by atoms with van der Waals surface area (Å²) < 4.78 is 1.16. The molecule has 0 bridgehead atoms. The van der Waals surface area contributed by atoms with Crippen LogP contribution in [0, 0.1) is 0 Å². The fourth-order valence-electron chi connectivity index (χ4n) is 1.70. The number of nitrogens with two attached hydrogens (primary N) is 1. The maximum absolute atomic E-state index is 5.82. The van der Waals surface area contributed by atoms with Crippen LogP contribution in [0.3, 0.4) is 0 Å². The minimum Gasteiger partial charge on any atom is -0.329 e. The molecule has 1 atom stereocenters. The Morgan fingerprint density at radius 1 is 1.50 bits per heavy atom. The molecule has 0 aliphatic carbocycles. The fourth-order valence-corrected chi connectivity index (χ4v) is 3.29. The molecule has 2 nitrogen and oxygen atoms in total. The van der Waals surface area contributed by atoms with E-state index in [0.717, 1.165) is 17.6 Å². The van der Waals surface area contributed by atoms with E-state index in [9.17, 15) is 0 Å². The normalized spacial score (nSPS) is 19.0. The monoisotopic (exact) mass is 272 g/mol. The zero-order chi connectivity index (χ0) is 9.97. The van der Waals surface area contributed by atoms with Gasteiger partial charge in [-0.25, -0.2) is 0 Å². The molecule has 0 fully saturated rings. The number of nitrogens with zero attached hydrogens (tertiary/aromatic N) is 1. The molecule has 14 heavy (non-hydrogen) atoms. The van der Waals surface area contributed by atoms with Crippen molar-refractivity contribution in [1.82, 2.24) is 4.90 Å². The average Bonchev–Trinajstić information content (AvgIpc) is 2.79. The van der Waals surface area contributed by atoms with Gasteiger partial charge in [0.05, 0.1) is 6.04 Å². The van der Waals surface area contributed by atoms with Gasteiger partial charge in [-0.15, -0.1) is 11.3 Å². The van der Waals surface area contributed by atoms with Gasteiger partial charge in [-0.1, -0.05) is 12.2 Å². The Labute approximate surface area is 96.5 Å². The van der Waals surface area contributed by atoms with Crippen LogP contribution < -0.4 is 5.73 Å². The van der Waals surface area contributed by atoms with Gasteiger partial charge in [0.1, 0.15) is 0 Å². The summed E-state index contributed by atoms with van der Waals surface area (Å²) in [4.78, 5) is 3.74. The van der Waals surface area contributed by atoms with Crippen molar-refractivity contribution in [3.63, 3.8) is 0 Å². The predicted molar refractivity (Wildman–Crippen MR) is 64.5 cm³/mol. The third-order valence-electron chi connectivity index (χ3n) is 2.43. The smallest absolute Gasteiger partial charge is 0.0570 e. The van der Waals surface area contributed by atoms with Crippen LogP contribution in [0.2, 0.25) is 0 Å². The first-order chi connectivity index (χ1) is 6.81. The number of rotatable bonds is 3. The highest BCUT2D eigenvalue weighted by molar-refractivity contribution is 9.10. The molecule has 2 rings (SSSR count). The lowest BCUT2D eigenvalue weighted by Crippen LogP contribution is -2.31. The topological polar surface area (TPSA) is 29.3 Å². The van der Waals surface area contributed by atoms with Crippen molar-refractivity contribution in [2.24, 2.45) is 5.73 Å². The van der Waals surface area contributed by atoms with Gasteiger partial charge < -0.3 is 5.73 Å². The zero-order valence-electron chi connectivity index (χ0n) is 7.82.